The second-order valence-electron chi connectivity index (χ2n) is 7.86. The molecule has 0 bridgehead atoms. The lowest BCUT2D eigenvalue weighted by molar-refractivity contribution is -0.117. The lowest BCUT2D eigenvalue weighted by Gasteiger charge is -2.17. The van der Waals surface area contributed by atoms with Crippen molar-refractivity contribution in [3.63, 3.8) is 0 Å². The predicted octanol–water partition coefficient (Wildman–Crippen LogP) is 4.12. The predicted molar refractivity (Wildman–Crippen MR) is 124 cm³/mol. The Labute approximate surface area is 195 Å². The number of carbonyl (C=O) groups is 3. The van der Waals surface area contributed by atoms with Crippen LogP contribution in [0.5, 0.6) is 0 Å². The molecule has 3 N–H and O–H groups in total. The molecule has 8 nitrogen and oxygen atoms in total. The molecule has 0 radical (unpaired) electrons. The van der Waals surface area contributed by atoms with Crippen molar-refractivity contribution in [2.24, 2.45) is 0 Å². The number of aromatic carboxylic acids is 1. The Kier molecular flexibility index (Phi) is 6.28. The fourth-order valence-corrected chi connectivity index (χ4v) is 4.03. The van der Waals surface area contributed by atoms with Gasteiger partial charge in [0.15, 0.2) is 0 Å². The number of nitrogens with one attached hydrogen (secondary N) is 2. The van der Waals surface area contributed by atoms with Gasteiger partial charge < -0.3 is 20.5 Å². The van der Waals surface area contributed by atoms with Crippen molar-refractivity contribution in [1.29, 1.82) is 5.26 Å². The molecule has 1 unspecified atom stereocenters. The molecule has 0 saturated carbocycles. The minimum atomic E-state index is -1.24. The summed E-state index contributed by atoms with van der Waals surface area (Å²) in [4.78, 5) is 36.0. The summed E-state index contributed by atoms with van der Waals surface area (Å²) in [6, 6.07) is 20.7. The third kappa shape index (κ3) is 4.45. The van der Waals surface area contributed by atoms with Crippen LogP contribution in [0.25, 0.3) is 11.1 Å². The number of carboxylic acid groups (broad SMARTS) is 1. The number of ether oxygens (including phenoxy) is 1. The van der Waals surface area contributed by atoms with Gasteiger partial charge in [0.1, 0.15) is 18.7 Å². The Balaban J connectivity index is 1.36. The van der Waals surface area contributed by atoms with Gasteiger partial charge in [-0.25, -0.2) is 9.59 Å². The first kappa shape index (κ1) is 22.6. The number of hydrogen-bond acceptors (Lipinski definition) is 5. The van der Waals surface area contributed by atoms with E-state index in [1.165, 1.54) is 25.1 Å². The minimum absolute atomic E-state index is 0.0811. The van der Waals surface area contributed by atoms with Gasteiger partial charge in [0.2, 0.25) is 5.91 Å². The van der Waals surface area contributed by atoms with Crippen LogP contribution in [-0.2, 0) is 9.53 Å². The molecule has 0 spiro atoms. The molecule has 0 fully saturated rings. The van der Waals surface area contributed by atoms with Gasteiger partial charge in [-0.05, 0) is 47.4 Å². The van der Waals surface area contributed by atoms with E-state index in [0.717, 1.165) is 22.3 Å². The van der Waals surface area contributed by atoms with E-state index < -0.39 is 24.0 Å². The van der Waals surface area contributed by atoms with Gasteiger partial charge >= 0.3 is 12.1 Å². The van der Waals surface area contributed by atoms with Crippen LogP contribution in [-0.4, -0.2) is 35.7 Å². The number of hydrogen-bond donors (Lipinski definition) is 3. The van der Waals surface area contributed by atoms with Crippen LogP contribution in [0.3, 0.4) is 0 Å². The summed E-state index contributed by atoms with van der Waals surface area (Å²) in [5, 5.41) is 23.3. The van der Waals surface area contributed by atoms with Crippen molar-refractivity contribution in [3.05, 3.63) is 89.0 Å². The van der Waals surface area contributed by atoms with Crippen molar-refractivity contribution in [2.45, 2.75) is 18.9 Å². The van der Waals surface area contributed by atoms with Crippen LogP contribution in [0.2, 0.25) is 0 Å². The zero-order valence-corrected chi connectivity index (χ0v) is 18.2. The Morgan fingerprint density at radius 1 is 1.03 bits per heavy atom. The number of carbonyl (C=O) groups excluding carboxylic acids is 2. The monoisotopic (exact) mass is 455 g/mol. The SMILES string of the molecule is CC(NC(=O)OCC1c2ccccc2-c2ccccc21)C(=O)Nc1ccc(C(=O)O)c(C#N)c1. The number of nitrogens with zero attached hydrogens (tertiary/aromatic N) is 1. The van der Waals surface area contributed by atoms with Crippen LogP contribution < -0.4 is 10.6 Å². The van der Waals surface area contributed by atoms with E-state index in [1.807, 2.05) is 48.5 Å². The second kappa shape index (κ2) is 9.46. The van der Waals surface area contributed by atoms with Gasteiger partial charge in [-0.1, -0.05) is 48.5 Å². The summed E-state index contributed by atoms with van der Waals surface area (Å²) < 4.78 is 5.45. The van der Waals surface area contributed by atoms with E-state index in [4.69, 9.17) is 15.1 Å². The molecule has 3 aromatic carbocycles. The zero-order valence-electron chi connectivity index (χ0n) is 18.2. The van der Waals surface area contributed by atoms with Gasteiger partial charge in [-0.3, -0.25) is 4.79 Å². The minimum Gasteiger partial charge on any atom is -0.478 e. The summed E-state index contributed by atoms with van der Waals surface area (Å²) in [5.74, 6) is -1.88. The highest BCUT2D eigenvalue weighted by Gasteiger charge is 2.29. The second-order valence-corrected chi connectivity index (χ2v) is 7.86. The first-order chi connectivity index (χ1) is 16.4. The van der Waals surface area contributed by atoms with Gasteiger partial charge in [-0.2, -0.15) is 5.26 Å². The van der Waals surface area contributed by atoms with Crippen LogP contribution >= 0.6 is 0 Å². The fraction of sp³-hybridized carbons (Fsp3) is 0.154. The first-order valence-electron chi connectivity index (χ1n) is 10.6. The van der Waals surface area contributed by atoms with Gasteiger partial charge in [0.05, 0.1) is 11.1 Å². The van der Waals surface area contributed by atoms with Gasteiger partial charge in [-0.15, -0.1) is 0 Å². The van der Waals surface area contributed by atoms with E-state index in [1.54, 1.807) is 6.07 Å². The number of alkyl carbamates (subject to hydrolysis) is 1. The largest absolute Gasteiger partial charge is 0.478 e. The van der Waals surface area contributed by atoms with Crippen LogP contribution in [0.4, 0.5) is 10.5 Å². The average Bonchev–Trinajstić information content (AvgIpc) is 3.16. The van der Waals surface area contributed by atoms with Gasteiger partial charge in [0, 0.05) is 11.6 Å². The maximum atomic E-state index is 12.5. The summed E-state index contributed by atoms with van der Waals surface area (Å²) in [5.41, 5.74) is 4.40. The molecule has 3 aromatic rings. The lowest BCUT2D eigenvalue weighted by Crippen LogP contribution is -2.42. The molecule has 1 atom stereocenters. The molecule has 0 aliphatic heterocycles. The Bertz CT molecular complexity index is 1280. The first-order valence-corrected chi connectivity index (χ1v) is 10.6. The summed E-state index contributed by atoms with van der Waals surface area (Å²) in [6.07, 6.45) is -0.733. The third-order valence-electron chi connectivity index (χ3n) is 5.71. The van der Waals surface area contributed by atoms with Crippen molar-refractivity contribution >= 4 is 23.7 Å². The Morgan fingerprint density at radius 2 is 1.65 bits per heavy atom. The number of fused-ring (bicyclic) bond motifs is 3. The summed E-state index contributed by atoms with van der Waals surface area (Å²) in [7, 11) is 0. The molecule has 34 heavy (non-hydrogen) atoms. The molecule has 170 valence electrons. The number of carboxylic acids is 1. The summed E-state index contributed by atoms with van der Waals surface area (Å²) in [6.45, 7) is 1.62. The summed E-state index contributed by atoms with van der Waals surface area (Å²) >= 11 is 0. The van der Waals surface area contributed by atoms with E-state index in [9.17, 15) is 14.4 Å². The van der Waals surface area contributed by atoms with Crippen LogP contribution in [0.1, 0.15) is 39.9 Å². The highest BCUT2D eigenvalue weighted by Crippen LogP contribution is 2.44. The Hall–Kier alpha value is -4.64. The van der Waals surface area contributed by atoms with Crippen molar-refractivity contribution in [1.82, 2.24) is 5.32 Å². The highest BCUT2D eigenvalue weighted by atomic mass is 16.5. The van der Waals surface area contributed by atoms with Crippen molar-refractivity contribution in [2.75, 3.05) is 11.9 Å². The molecule has 4 rings (SSSR count). The molecule has 1 aliphatic carbocycles. The number of anilines is 1. The molecule has 0 saturated heterocycles. The standard InChI is InChI=1S/C26H21N3O5/c1-15(24(30)29-17-10-11-18(25(31)32)16(12-17)13-27)28-26(33)34-14-23-21-8-4-2-6-19(21)20-7-3-5-9-22(20)23/h2-12,15,23H,14H2,1H3,(H,28,33)(H,29,30)(H,31,32). The maximum Gasteiger partial charge on any atom is 0.407 e. The topological polar surface area (TPSA) is 129 Å². The van der Waals surface area contributed by atoms with Crippen molar-refractivity contribution in [3.8, 4) is 17.2 Å². The molecule has 8 heteroatoms. The molecular formula is C26H21N3O5. The average molecular weight is 455 g/mol. The van der Waals surface area contributed by atoms with Gasteiger partial charge in [0.25, 0.3) is 0 Å². The molecule has 1 aliphatic rings. The molecular weight excluding hydrogens is 434 g/mol. The lowest BCUT2D eigenvalue weighted by atomic mass is 9.98. The van der Waals surface area contributed by atoms with Crippen LogP contribution in [0.15, 0.2) is 66.7 Å². The number of nitriles is 1. The third-order valence-corrected chi connectivity index (χ3v) is 5.71. The Morgan fingerprint density at radius 3 is 2.24 bits per heavy atom. The molecule has 0 aromatic heterocycles. The van der Waals surface area contributed by atoms with E-state index in [2.05, 4.69) is 10.6 Å². The molecule has 0 heterocycles. The quantitative estimate of drug-likeness (QED) is 0.513. The van der Waals surface area contributed by atoms with E-state index in [0.29, 0.717) is 0 Å². The highest BCUT2D eigenvalue weighted by molar-refractivity contribution is 5.97. The van der Waals surface area contributed by atoms with E-state index >= 15 is 0 Å². The zero-order chi connectivity index (χ0) is 24.2. The smallest absolute Gasteiger partial charge is 0.407 e. The van der Waals surface area contributed by atoms with E-state index in [-0.39, 0.29) is 29.3 Å². The van der Waals surface area contributed by atoms with Crippen molar-refractivity contribution < 1.29 is 24.2 Å². The number of amides is 2. The maximum absolute atomic E-state index is 12.5. The fourth-order valence-electron chi connectivity index (χ4n) is 4.03. The van der Waals surface area contributed by atoms with Crippen LogP contribution in [0, 0.1) is 11.3 Å². The number of benzene rings is 3. The normalized spacial score (nSPS) is 12.6. The number of rotatable bonds is 6. The molecule has 2 amide bonds.